The summed E-state index contributed by atoms with van der Waals surface area (Å²) >= 11 is 0. The minimum atomic E-state index is 0.0330. The molecule has 0 saturated heterocycles. The average Bonchev–Trinajstić information content (AvgIpc) is 2.17. The number of nitrogens with zero attached hydrogens (tertiary/aromatic N) is 2. The topological polar surface area (TPSA) is 48.4 Å². The maximum absolute atomic E-state index is 8.96. The van der Waals surface area contributed by atoms with Crippen molar-refractivity contribution in [2.24, 2.45) is 0 Å². The van der Waals surface area contributed by atoms with Gasteiger partial charge in [0.2, 0.25) is 0 Å². The summed E-state index contributed by atoms with van der Waals surface area (Å²) in [5.74, 6) is 0.165. The summed E-state index contributed by atoms with van der Waals surface area (Å²) in [5.41, 5.74) is 0.760. The van der Waals surface area contributed by atoms with Crippen LogP contribution in [-0.4, -0.2) is 5.11 Å². The highest BCUT2D eigenvalue weighted by atomic mass is 16.3. The Morgan fingerprint density at radius 3 is 2.54 bits per heavy atom. The van der Waals surface area contributed by atoms with E-state index in [9.17, 15) is 0 Å². The number of hydrogen-bond donors (Lipinski definition) is 1. The van der Waals surface area contributed by atoms with Crippen LogP contribution in [-0.2, 0) is 0 Å². The lowest BCUT2D eigenvalue weighted by molar-refractivity contribution is 0.475. The fraction of sp³-hybridized carbons (Fsp3) is 0. The Morgan fingerprint density at radius 2 is 2.08 bits per heavy atom. The van der Waals surface area contributed by atoms with Crippen molar-refractivity contribution in [1.29, 1.82) is 5.26 Å². The molecule has 0 amide bonds. The van der Waals surface area contributed by atoms with Crippen molar-refractivity contribution in [2.75, 3.05) is 0 Å². The Balaban J connectivity index is 3.00. The van der Waals surface area contributed by atoms with Crippen molar-refractivity contribution < 1.29 is 5.11 Å². The lowest BCUT2D eigenvalue weighted by Crippen LogP contribution is -1.73. The van der Waals surface area contributed by atoms with E-state index in [1.165, 1.54) is 18.2 Å². The molecule has 1 rings (SSSR count). The third kappa shape index (κ3) is 2.36. The van der Waals surface area contributed by atoms with E-state index in [4.69, 9.17) is 16.9 Å². The second-order valence-corrected chi connectivity index (χ2v) is 2.34. The Morgan fingerprint density at radius 1 is 1.46 bits per heavy atom. The molecule has 0 atom stereocenters. The van der Waals surface area contributed by atoms with Crippen molar-refractivity contribution in [3.05, 3.63) is 46.9 Å². The van der Waals surface area contributed by atoms with Gasteiger partial charge in [0, 0.05) is 0 Å². The lowest BCUT2D eigenvalue weighted by Gasteiger charge is -1.93. The summed E-state index contributed by atoms with van der Waals surface area (Å²) in [7, 11) is 0. The van der Waals surface area contributed by atoms with Crippen LogP contribution in [0.3, 0.4) is 0 Å². The molecular weight excluding hydrogens is 164 g/mol. The maximum Gasteiger partial charge on any atom is 0.262 e. The molecule has 1 aromatic rings. The minimum absolute atomic E-state index is 0.0330. The minimum Gasteiger partial charge on any atom is -0.508 e. The zero-order valence-electron chi connectivity index (χ0n) is 6.73. The quantitative estimate of drug-likeness (QED) is 0.518. The fourth-order valence-electron chi connectivity index (χ4n) is 0.818. The van der Waals surface area contributed by atoms with Gasteiger partial charge in [0.05, 0.1) is 12.6 Å². The molecule has 0 aliphatic heterocycles. The number of rotatable bonds is 1. The average molecular weight is 170 g/mol. The first-order valence-electron chi connectivity index (χ1n) is 3.54. The van der Waals surface area contributed by atoms with Crippen LogP contribution >= 0.6 is 0 Å². The van der Waals surface area contributed by atoms with Gasteiger partial charge in [0.25, 0.3) is 5.70 Å². The molecular formula is C10H6N2O. The Kier molecular flexibility index (Phi) is 2.68. The summed E-state index contributed by atoms with van der Waals surface area (Å²) in [6.07, 6.45) is 1.46. The van der Waals surface area contributed by atoms with Gasteiger partial charge in [0.1, 0.15) is 5.75 Å². The molecule has 3 heteroatoms. The SMILES string of the molecule is [C-]#[N+]/C(C#N)=C\c1ccc(O)cc1. The van der Waals surface area contributed by atoms with Gasteiger partial charge in [-0.2, -0.15) is 0 Å². The molecule has 0 radical (unpaired) electrons. The molecule has 1 N–H and O–H groups in total. The highest BCUT2D eigenvalue weighted by Crippen LogP contribution is 2.12. The Labute approximate surface area is 76.0 Å². The van der Waals surface area contributed by atoms with Crippen LogP contribution in [0.15, 0.2) is 30.0 Å². The van der Waals surface area contributed by atoms with Gasteiger partial charge in [-0.1, -0.05) is 12.1 Å². The summed E-state index contributed by atoms with van der Waals surface area (Å²) in [6.45, 7) is 6.64. The molecule has 0 spiro atoms. The van der Waals surface area contributed by atoms with Crippen molar-refractivity contribution in [3.8, 4) is 11.8 Å². The summed E-state index contributed by atoms with van der Waals surface area (Å²) in [4.78, 5) is 3.01. The van der Waals surface area contributed by atoms with Crippen LogP contribution < -0.4 is 0 Å². The summed E-state index contributed by atoms with van der Waals surface area (Å²) in [6, 6.07) is 8.04. The molecule has 1 aromatic carbocycles. The maximum atomic E-state index is 8.96. The van der Waals surface area contributed by atoms with Gasteiger partial charge in [-0.15, -0.1) is 0 Å². The molecule has 0 fully saturated rings. The molecule has 0 bridgehead atoms. The van der Waals surface area contributed by atoms with Crippen molar-refractivity contribution in [3.63, 3.8) is 0 Å². The Bertz CT molecular complexity index is 388. The van der Waals surface area contributed by atoms with E-state index >= 15 is 0 Å². The molecule has 13 heavy (non-hydrogen) atoms. The number of hydrogen-bond acceptors (Lipinski definition) is 2. The van der Waals surface area contributed by atoms with Gasteiger partial charge in [-0.25, -0.2) is 10.1 Å². The van der Waals surface area contributed by atoms with Gasteiger partial charge in [-0.3, -0.25) is 0 Å². The van der Waals surface area contributed by atoms with E-state index in [0.717, 1.165) is 5.56 Å². The standard InChI is InChI=1S/C10H6N2O/c1-12-9(7-11)6-8-2-4-10(13)5-3-8/h2-6,13H/b9-6-. The third-order valence-electron chi connectivity index (χ3n) is 1.43. The lowest BCUT2D eigenvalue weighted by atomic mass is 10.2. The zero-order chi connectivity index (χ0) is 9.68. The van der Waals surface area contributed by atoms with Crippen molar-refractivity contribution in [1.82, 2.24) is 0 Å². The molecule has 0 heterocycles. The van der Waals surface area contributed by atoms with Crippen molar-refractivity contribution in [2.45, 2.75) is 0 Å². The van der Waals surface area contributed by atoms with E-state index < -0.39 is 0 Å². The first-order chi connectivity index (χ1) is 6.26. The number of aromatic hydroxyl groups is 1. The van der Waals surface area contributed by atoms with Crippen LogP contribution in [0, 0.1) is 17.9 Å². The van der Waals surface area contributed by atoms with Crippen molar-refractivity contribution >= 4 is 6.08 Å². The first-order valence-corrected chi connectivity index (χ1v) is 3.54. The highest BCUT2D eigenvalue weighted by molar-refractivity contribution is 5.59. The number of phenols is 1. The molecule has 0 saturated carbocycles. The summed E-state index contributed by atoms with van der Waals surface area (Å²) < 4.78 is 0. The zero-order valence-corrected chi connectivity index (χ0v) is 6.73. The normalized spacial score (nSPS) is 10.2. The fourth-order valence-corrected chi connectivity index (χ4v) is 0.818. The molecule has 62 valence electrons. The molecule has 0 aromatic heterocycles. The first kappa shape index (κ1) is 8.83. The molecule has 3 nitrogen and oxygen atoms in total. The van der Waals surface area contributed by atoms with Crippen LogP contribution in [0.2, 0.25) is 0 Å². The predicted octanol–water partition coefficient (Wildman–Crippen LogP) is 2.18. The van der Waals surface area contributed by atoms with Gasteiger partial charge >= 0.3 is 0 Å². The number of benzene rings is 1. The van der Waals surface area contributed by atoms with Gasteiger partial charge in [-0.05, 0) is 23.8 Å². The van der Waals surface area contributed by atoms with Crippen LogP contribution in [0.25, 0.3) is 10.9 Å². The summed E-state index contributed by atoms with van der Waals surface area (Å²) in [5, 5.41) is 17.4. The van der Waals surface area contributed by atoms with Crippen LogP contribution in [0.1, 0.15) is 5.56 Å². The highest BCUT2D eigenvalue weighted by Gasteiger charge is 1.93. The number of nitriles is 1. The van der Waals surface area contributed by atoms with E-state index in [2.05, 4.69) is 4.85 Å². The van der Waals surface area contributed by atoms with Gasteiger partial charge in [0.15, 0.2) is 0 Å². The molecule has 0 unspecified atom stereocenters. The van der Waals surface area contributed by atoms with E-state index in [1.54, 1.807) is 18.2 Å². The largest absolute Gasteiger partial charge is 0.508 e. The third-order valence-corrected chi connectivity index (χ3v) is 1.43. The predicted molar refractivity (Wildman–Crippen MR) is 48.3 cm³/mol. The molecule has 0 aliphatic rings. The monoisotopic (exact) mass is 170 g/mol. The number of phenolic OH excluding ortho intramolecular Hbond substituents is 1. The second-order valence-electron chi connectivity index (χ2n) is 2.34. The van der Waals surface area contributed by atoms with E-state index in [0.29, 0.717) is 0 Å². The smallest absolute Gasteiger partial charge is 0.262 e. The Hall–Kier alpha value is -2.26. The van der Waals surface area contributed by atoms with E-state index in [1.807, 2.05) is 0 Å². The van der Waals surface area contributed by atoms with Crippen LogP contribution in [0.5, 0.6) is 5.75 Å². The van der Waals surface area contributed by atoms with E-state index in [-0.39, 0.29) is 11.4 Å². The number of allylic oxidation sites excluding steroid dienone is 1. The second kappa shape index (κ2) is 3.94. The van der Waals surface area contributed by atoms with Gasteiger partial charge < -0.3 is 5.11 Å². The molecule has 0 aliphatic carbocycles. The van der Waals surface area contributed by atoms with Crippen LogP contribution in [0.4, 0.5) is 0 Å².